The predicted octanol–water partition coefficient (Wildman–Crippen LogP) is 2.77. The largest absolute Gasteiger partial charge is 0.452 e. The van der Waals surface area contributed by atoms with Gasteiger partial charge in [0, 0.05) is 0 Å². The average molecular weight is 289 g/mol. The van der Waals surface area contributed by atoms with Gasteiger partial charge in [0.15, 0.2) is 0 Å². The van der Waals surface area contributed by atoms with Crippen molar-refractivity contribution in [2.45, 2.75) is 0 Å². The van der Waals surface area contributed by atoms with Crippen LogP contribution >= 0.6 is 11.6 Å². The normalized spacial score (nSPS) is 10.4. The molecule has 0 fully saturated rings. The topological polar surface area (TPSA) is 73.0 Å². The molecule has 7 heteroatoms. The van der Waals surface area contributed by atoms with Crippen LogP contribution in [-0.2, 0) is 0 Å². The van der Waals surface area contributed by atoms with E-state index in [4.69, 9.17) is 16.0 Å². The molecular formula is C13H9ClN4O2. The van der Waals surface area contributed by atoms with Gasteiger partial charge >= 0.3 is 0 Å². The second-order valence-electron chi connectivity index (χ2n) is 3.92. The van der Waals surface area contributed by atoms with Gasteiger partial charge in [-0.05, 0) is 29.8 Å². The maximum absolute atomic E-state index is 12.1. The molecule has 3 rings (SSSR count). The van der Waals surface area contributed by atoms with Gasteiger partial charge in [0.05, 0.1) is 23.2 Å². The molecular weight excluding hydrogens is 280 g/mol. The van der Waals surface area contributed by atoms with Crippen LogP contribution in [0.2, 0.25) is 5.22 Å². The highest BCUT2D eigenvalue weighted by atomic mass is 35.5. The minimum absolute atomic E-state index is 0.0562. The van der Waals surface area contributed by atoms with Gasteiger partial charge in [-0.2, -0.15) is 5.10 Å². The monoisotopic (exact) mass is 288 g/mol. The first-order valence-corrected chi connectivity index (χ1v) is 6.12. The molecule has 0 saturated heterocycles. The number of halogens is 1. The zero-order valence-electron chi connectivity index (χ0n) is 10.2. The van der Waals surface area contributed by atoms with E-state index in [1.807, 2.05) is 18.2 Å². The van der Waals surface area contributed by atoms with E-state index in [-0.39, 0.29) is 16.7 Å². The van der Waals surface area contributed by atoms with Crippen LogP contribution in [0.3, 0.4) is 0 Å². The average Bonchev–Trinajstić information content (AvgIpc) is 3.10. The van der Waals surface area contributed by atoms with Crippen LogP contribution in [0.1, 0.15) is 10.4 Å². The number of amides is 1. The summed E-state index contributed by atoms with van der Waals surface area (Å²) in [7, 11) is 0. The zero-order chi connectivity index (χ0) is 13.9. The highest BCUT2D eigenvalue weighted by Gasteiger charge is 2.15. The molecule has 0 aliphatic carbocycles. The maximum atomic E-state index is 12.1. The van der Waals surface area contributed by atoms with E-state index in [0.29, 0.717) is 11.4 Å². The molecule has 0 unspecified atom stereocenters. The number of para-hydroxylation sites is 2. The molecule has 0 spiro atoms. The number of hydrogen-bond acceptors (Lipinski definition) is 4. The van der Waals surface area contributed by atoms with Crippen molar-refractivity contribution in [3.8, 4) is 5.69 Å². The van der Waals surface area contributed by atoms with Gasteiger partial charge in [-0.1, -0.05) is 12.1 Å². The van der Waals surface area contributed by atoms with Crippen molar-refractivity contribution in [1.82, 2.24) is 14.8 Å². The van der Waals surface area contributed by atoms with Crippen LogP contribution in [0.4, 0.5) is 5.69 Å². The molecule has 1 amide bonds. The van der Waals surface area contributed by atoms with Crippen molar-refractivity contribution in [3.05, 3.63) is 60.0 Å². The Balaban J connectivity index is 1.92. The fourth-order valence-electron chi connectivity index (χ4n) is 1.76. The summed E-state index contributed by atoms with van der Waals surface area (Å²) in [5.74, 6) is -0.351. The Morgan fingerprint density at radius 3 is 2.85 bits per heavy atom. The van der Waals surface area contributed by atoms with Crippen molar-refractivity contribution >= 4 is 23.2 Å². The third-order valence-corrected chi connectivity index (χ3v) is 2.97. The summed E-state index contributed by atoms with van der Waals surface area (Å²) in [6, 6.07) is 8.75. The van der Waals surface area contributed by atoms with Gasteiger partial charge in [-0.15, -0.1) is 0 Å². The number of nitrogens with zero attached hydrogens (tertiary/aromatic N) is 3. The lowest BCUT2D eigenvalue weighted by Crippen LogP contribution is -2.13. The van der Waals surface area contributed by atoms with Crippen molar-refractivity contribution in [1.29, 1.82) is 0 Å². The summed E-state index contributed by atoms with van der Waals surface area (Å²) in [4.78, 5) is 16.0. The van der Waals surface area contributed by atoms with E-state index in [0.717, 1.165) is 0 Å². The van der Waals surface area contributed by atoms with E-state index in [2.05, 4.69) is 15.4 Å². The molecule has 0 atom stereocenters. The number of benzene rings is 1. The molecule has 20 heavy (non-hydrogen) atoms. The number of carbonyl (C=O) groups is 1. The van der Waals surface area contributed by atoms with Gasteiger partial charge in [-0.3, -0.25) is 4.79 Å². The summed E-state index contributed by atoms with van der Waals surface area (Å²) in [5, 5.41) is 6.87. The van der Waals surface area contributed by atoms with Crippen molar-refractivity contribution in [3.63, 3.8) is 0 Å². The Hall–Kier alpha value is -2.60. The summed E-state index contributed by atoms with van der Waals surface area (Å²) in [6.45, 7) is 0. The summed E-state index contributed by atoms with van der Waals surface area (Å²) >= 11 is 5.79. The molecule has 100 valence electrons. The second-order valence-corrected chi connectivity index (χ2v) is 4.26. The molecule has 6 nitrogen and oxygen atoms in total. The smallest absolute Gasteiger partial charge is 0.260 e. The van der Waals surface area contributed by atoms with Gasteiger partial charge in [0.1, 0.15) is 12.7 Å². The van der Waals surface area contributed by atoms with Gasteiger partial charge < -0.3 is 9.73 Å². The first-order valence-electron chi connectivity index (χ1n) is 5.74. The van der Waals surface area contributed by atoms with Crippen molar-refractivity contribution < 1.29 is 9.21 Å². The molecule has 3 aromatic rings. The fraction of sp³-hybridized carbons (Fsp3) is 0. The predicted molar refractivity (Wildman–Crippen MR) is 73.0 cm³/mol. The molecule has 0 bridgehead atoms. The van der Waals surface area contributed by atoms with Crippen LogP contribution in [0.25, 0.3) is 5.69 Å². The first kappa shape index (κ1) is 12.4. The molecule has 0 saturated carbocycles. The number of anilines is 1. The SMILES string of the molecule is O=C(Nc1ccccc1-n1cncn1)c1ccoc1Cl. The lowest BCUT2D eigenvalue weighted by molar-refractivity contribution is 0.102. The Morgan fingerprint density at radius 1 is 1.30 bits per heavy atom. The number of furan rings is 1. The minimum atomic E-state index is -0.351. The number of rotatable bonds is 3. The van der Waals surface area contributed by atoms with Crippen LogP contribution in [0.15, 0.2) is 53.7 Å². The Kier molecular flexibility index (Phi) is 3.22. The highest BCUT2D eigenvalue weighted by Crippen LogP contribution is 2.22. The van der Waals surface area contributed by atoms with E-state index in [1.54, 1.807) is 17.1 Å². The molecule has 1 N–H and O–H groups in total. The summed E-state index contributed by atoms with van der Waals surface area (Å²) < 4.78 is 6.46. The highest BCUT2D eigenvalue weighted by molar-refractivity contribution is 6.32. The number of aromatic nitrogens is 3. The van der Waals surface area contributed by atoms with Crippen LogP contribution < -0.4 is 5.32 Å². The minimum Gasteiger partial charge on any atom is -0.452 e. The Morgan fingerprint density at radius 2 is 2.15 bits per heavy atom. The Bertz CT molecular complexity index is 736. The lowest BCUT2D eigenvalue weighted by atomic mass is 10.2. The maximum Gasteiger partial charge on any atom is 0.260 e. The summed E-state index contributed by atoms with van der Waals surface area (Å²) in [5.41, 5.74) is 1.58. The Labute approximate surface area is 119 Å². The number of nitrogens with one attached hydrogen (secondary N) is 1. The molecule has 1 aromatic carbocycles. The summed E-state index contributed by atoms with van der Waals surface area (Å²) in [6.07, 6.45) is 4.34. The number of hydrogen-bond donors (Lipinski definition) is 1. The standard InChI is InChI=1S/C13H9ClN4O2/c14-12-9(5-6-20-12)13(19)17-10-3-1-2-4-11(10)18-8-15-7-16-18/h1-8H,(H,17,19). The van der Waals surface area contributed by atoms with E-state index < -0.39 is 0 Å². The van der Waals surface area contributed by atoms with Crippen LogP contribution in [0, 0.1) is 0 Å². The van der Waals surface area contributed by atoms with E-state index >= 15 is 0 Å². The molecule has 0 radical (unpaired) electrons. The second kappa shape index (κ2) is 5.18. The first-order chi connectivity index (χ1) is 9.75. The van der Waals surface area contributed by atoms with Gasteiger partial charge in [0.2, 0.25) is 5.22 Å². The van der Waals surface area contributed by atoms with Gasteiger partial charge in [0.25, 0.3) is 5.91 Å². The van der Waals surface area contributed by atoms with Crippen LogP contribution in [0.5, 0.6) is 0 Å². The van der Waals surface area contributed by atoms with E-state index in [9.17, 15) is 4.79 Å². The molecule has 2 heterocycles. The number of carbonyl (C=O) groups excluding carboxylic acids is 1. The van der Waals surface area contributed by atoms with E-state index in [1.165, 1.54) is 18.7 Å². The third kappa shape index (κ3) is 2.28. The van der Waals surface area contributed by atoms with Crippen molar-refractivity contribution in [2.75, 3.05) is 5.32 Å². The van der Waals surface area contributed by atoms with Crippen LogP contribution in [-0.4, -0.2) is 20.7 Å². The zero-order valence-corrected chi connectivity index (χ0v) is 10.9. The molecule has 2 aromatic heterocycles. The lowest BCUT2D eigenvalue weighted by Gasteiger charge is -2.09. The fourth-order valence-corrected chi connectivity index (χ4v) is 1.96. The molecule has 0 aliphatic rings. The third-order valence-electron chi connectivity index (χ3n) is 2.68. The quantitative estimate of drug-likeness (QED) is 0.804. The molecule has 0 aliphatic heterocycles. The van der Waals surface area contributed by atoms with Crippen molar-refractivity contribution in [2.24, 2.45) is 0 Å². The van der Waals surface area contributed by atoms with Gasteiger partial charge in [-0.25, -0.2) is 9.67 Å².